The van der Waals surface area contributed by atoms with E-state index in [4.69, 9.17) is 0 Å². The van der Waals surface area contributed by atoms with Crippen molar-refractivity contribution in [2.75, 3.05) is 13.1 Å². The highest BCUT2D eigenvalue weighted by molar-refractivity contribution is 5.83. The highest BCUT2D eigenvalue weighted by Crippen LogP contribution is 2.33. The molecule has 20 heavy (non-hydrogen) atoms. The summed E-state index contributed by atoms with van der Waals surface area (Å²) in [5.41, 5.74) is -1.09. The minimum atomic E-state index is -0.845. The normalized spacial score (nSPS) is 23.8. The number of carboxylic acids is 1. The van der Waals surface area contributed by atoms with Gasteiger partial charge < -0.3 is 10.4 Å². The lowest BCUT2D eigenvalue weighted by atomic mass is 9.90. The Hall–Kier alpha value is -1.10. The van der Waals surface area contributed by atoms with Crippen LogP contribution in [-0.4, -0.2) is 46.1 Å². The molecule has 1 amide bonds. The second kappa shape index (κ2) is 6.57. The molecule has 0 aromatic rings. The number of aliphatic carboxylic acids is 1. The van der Waals surface area contributed by atoms with Crippen LogP contribution in [0.3, 0.4) is 0 Å². The summed E-state index contributed by atoms with van der Waals surface area (Å²) in [6.45, 7) is 8.83. The van der Waals surface area contributed by atoms with Crippen molar-refractivity contribution >= 4 is 11.9 Å². The first-order chi connectivity index (χ1) is 9.27. The smallest absolute Gasteiger partial charge is 0.324 e. The number of carboxylic acid groups (broad SMARTS) is 1. The fourth-order valence-corrected chi connectivity index (χ4v) is 2.89. The Morgan fingerprint density at radius 2 is 2.00 bits per heavy atom. The number of rotatable bonds is 7. The predicted octanol–water partition coefficient (Wildman–Crippen LogP) is 2.01. The van der Waals surface area contributed by atoms with Gasteiger partial charge >= 0.3 is 5.97 Å². The quantitative estimate of drug-likeness (QED) is 0.750. The topological polar surface area (TPSA) is 69.6 Å². The van der Waals surface area contributed by atoms with E-state index in [0.717, 1.165) is 19.3 Å². The molecular formula is C15H28N2O3. The van der Waals surface area contributed by atoms with Gasteiger partial charge in [0, 0.05) is 5.54 Å². The van der Waals surface area contributed by atoms with Crippen LogP contribution in [0.4, 0.5) is 0 Å². The van der Waals surface area contributed by atoms with Crippen molar-refractivity contribution in [2.45, 2.75) is 70.9 Å². The Bertz CT molecular complexity index is 368. The van der Waals surface area contributed by atoms with Crippen molar-refractivity contribution in [3.05, 3.63) is 0 Å². The molecule has 0 aromatic carbocycles. The van der Waals surface area contributed by atoms with Gasteiger partial charge in [0.15, 0.2) is 0 Å². The average molecular weight is 284 g/mol. The molecule has 116 valence electrons. The summed E-state index contributed by atoms with van der Waals surface area (Å²) >= 11 is 0. The van der Waals surface area contributed by atoms with E-state index in [9.17, 15) is 14.7 Å². The molecule has 1 heterocycles. The number of likely N-dealkylation sites (tertiary alicyclic amines) is 1. The molecule has 1 rings (SSSR count). The molecule has 0 saturated carbocycles. The van der Waals surface area contributed by atoms with Crippen molar-refractivity contribution in [3.8, 4) is 0 Å². The summed E-state index contributed by atoms with van der Waals surface area (Å²) in [5.74, 6) is -0.875. The zero-order valence-corrected chi connectivity index (χ0v) is 13.2. The van der Waals surface area contributed by atoms with Gasteiger partial charge in [-0.25, -0.2) is 0 Å². The van der Waals surface area contributed by atoms with E-state index in [1.807, 2.05) is 32.6 Å². The van der Waals surface area contributed by atoms with Crippen LogP contribution in [0.5, 0.6) is 0 Å². The Morgan fingerprint density at radius 1 is 1.35 bits per heavy atom. The third-order valence-corrected chi connectivity index (χ3v) is 4.38. The van der Waals surface area contributed by atoms with E-state index >= 15 is 0 Å². The van der Waals surface area contributed by atoms with Crippen molar-refractivity contribution in [2.24, 2.45) is 0 Å². The number of hydrogen-bond acceptors (Lipinski definition) is 3. The van der Waals surface area contributed by atoms with E-state index in [1.165, 1.54) is 0 Å². The number of carbonyl (C=O) groups is 2. The zero-order chi connectivity index (χ0) is 15.4. The highest BCUT2D eigenvalue weighted by Gasteiger charge is 2.47. The third kappa shape index (κ3) is 3.72. The summed E-state index contributed by atoms with van der Waals surface area (Å²) in [5, 5.41) is 12.6. The Kier molecular flexibility index (Phi) is 5.57. The molecule has 0 radical (unpaired) electrons. The number of hydrogen-bond donors (Lipinski definition) is 2. The fourth-order valence-electron chi connectivity index (χ4n) is 2.89. The van der Waals surface area contributed by atoms with Gasteiger partial charge in [-0.15, -0.1) is 0 Å². The molecule has 1 saturated heterocycles. The molecule has 1 unspecified atom stereocenters. The Balaban J connectivity index is 2.74. The van der Waals surface area contributed by atoms with Crippen LogP contribution in [0.15, 0.2) is 0 Å². The van der Waals surface area contributed by atoms with Crippen LogP contribution >= 0.6 is 0 Å². The van der Waals surface area contributed by atoms with E-state index in [-0.39, 0.29) is 18.0 Å². The number of carbonyl (C=O) groups excluding carboxylic acids is 1. The monoisotopic (exact) mass is 284 g/mol. The summed E-state index contributed by atoms with van der Waals surface area (Å²) in [4.78, 5) is 25.7. The minimum absolute atomic E-state index is 0.0829. The summed E-state index contributed by atoms with van der Waals surface area (Å²) < 4.78 is 0. The van der Waals surface area contributed by atoms with Crippen LogP contribution in [0, 0.1) is 0 Å². The zero-order valence-electron chi connectivity index (χ0n) is 13.2. The summed E-state index contributed by atoms with van der Waals surface area (Å²) in [6, 6.07) is 0. The molecule has 1 aliphatic heterocycles. The van der Waals surface area contributed by atoms with Crippen molar-refractivity contribution in [1.29, 1.82) is 0 Å². The molecular weight excluding hydrogens is 256 g/mol. The van der Waals surface area contributed by atoms with Crippen LogP contribution in [0.2, 0.25) is 0 Å². The van der Waals surface area contributed by atoms with E-state index in [0.29, 0.717) is 19.4 Å². The Morgan fingerprint density at radius 3 is 2.50 bits per heavy atom. The molecule has 5 heteroatoms. The molecule has 1 fully saturated rings. The molecule has 0 aliphatic carbocycles. The van der Waals surface area contributed by atoms with E-state index < -0.39 is 11.5 Å². The van der Waals surface area contributed by atoms with Crippen LogP contribution in [0.25, 0.3) is 0 Å². The number of nitrogens with zero attached hydrogens (tertiary/aromatic N) is 1. The molecule has 2 N–H and O–H groups in total. The maximum atomic E-state index is 12.1. The molecule has 0 aromatic heterocycles. The lowest BCUT2D eigenvalue weighted by Gasteiger charge is -2.35. The SMILES string of the molecule is CCCC1(C(=O)O)CCCN1CC(=O)NC(C)(C)CC. The number of amides is 1. The first-order valence-corrected chi connectivity index (χ1v) is 7.57. The van der Waals surface area contributed by atoms with Crippen molar-refractivity contribution in [1.82, 2.24) is 10.2 Å². The summed E-state index contributed by atoms with van der Waals surface area (Å²) in [6.07, 6.45) is 3.74. The van der Waals surface area contributed by atoms with Gasteiger partial charge in [-0.2, -0.15) is 0 Å². The van der Waals surface area contributed by atoms with Gasteiger partial charge in [-0.1, -0.05) is 20.3 Å². The molecule has 0 spiro atoms. The minimum Gasteiger partial charge on any atom is -0.480 e. The maximum absolute atomic E-state index is 12.1. The van der Waals surface area contributed by atoms with Crippen LogP contribution < -0.4 is 5.32 Å². The Labute approximate surface area is 121 Å². The van der Waals surface area contributed by atoms with Gasteiger partial charge in [0.2, 0.25) is 5.91 Å². The van der Waals surface area contributed by atoms with E-state index in [2.05, 4.69) is 5.32 Å². The first kappa shape index (κ1) is 17.0. The average Bonchev–Trinajstić information content (AvgIpc) is 2.73. The maximum Gasteiger partial charge on any atom is 0.324 e. The molecule has 1 aliphatic rings. The fraction of sp³-hybridized carbons (Fsp3) is 0.867. The lowest BCUT2D eigenvalue weighted by molar-refractivity contribution is -0.151. The van der Waals surface area contributed by atoms with Gasteiger partial charge in [0.25, 0.3) is 0 Å². The van der Waals surface area contributed by atoms with Gasteiger partial charge in [0.05, 0.1) is 6.54 Å². The van der Waals surface area contributed by atoms with Crippen molar-refractivity contribution < 1.29 is 14.7 Å². The van der Waals surface area contributed by atoms with Crippen LogP contribution in [-0.2, 0) is 9.59 Å². The van der Waals surface area contributed by atoms with Gasteiger partial charge in [-0.3, -0.25) is 14.5 Å². The summed E-state index contributed by atoms with van der Waals surface area (Å²) in [7, 11) is 0. The third-order valence-electron chi connectivity index (χ3n) is 4.38. The molecule has 0 bridgehead atoms. The highest BCUT2D eigenvalue weighted by atomic mass is 16.4. The van der Waals surface area contributed by atoms with Gasteiger partial charge in [-0.05, 0) is 46.1 Å². The van der Waals surface area contributed by atoms with E-state index in [1.54, 1.807) is 0 Å². The first-order valence-electron chi connectivity index (χ1n) is 7.57. The van der Waals surface area contributed by atoms with Crippen molar-refractivity contribution in [3.63, 3.8) is 0 Å². The predicted molar refractivity (Wildman–Crippen MR) is 78.6 cm³/mol. The van der Waals surface area contributed by atoms with Gasteiger partial charge in [0.1, 0.15) is 5.54 Å². The lowest BCUT2D eigenvalue weighted by Crippen LogP contribution is -2.55. The van der Waals surface area contributed by atoms with Crippen LogP contribution in [0.1, 0.15) is 59.8 Å². The molecule has 5 nitrogen and oxygen atoms in total. The molecule has 1 atom stereocenters. The standard InChI is InChI=1S/C15H28N2O3/c1-5-8-15(13(19)20)9-7-10-17(15)11-12(18)16-14(3,4)6-2/h5-11H2,1-4H3,(H,16,18)(H,19,20). The second-order valence-electron chi connectivity index (χ2n) is 6.40. The number of nitrogens with one attached hydrogen (secondary N) is 1. The second-order valence-corrected chi connectivity index (χ2v) is 6.40. The largest absolute Gasteiger partial charge is 0.480 e.